The van der Waals surface area contributed by atoms with Gasteiger partial charge in [0, 0.05) is 11.9 Å². The van der Waals surface area contributed by atoms with Gasteiger partial charge in [-0.25, -0.2) is 5.56 Å². The molecular formula is C29H19N2Ni. The number of hydrogen-bond acceptors (Lipinski definition) is 1. The Hall–Kier alpha value is -3.68. The maximum absolute atomic E-state index is 4.52. The molecule has 6 rings (SSSR count). The minimum absolute atomic E-state index is 0. The average Bonchev–Trinajstić information content (AvgIpc) is 3.24. The van der Waals surface area contributed by atoms with Crippen LogP contribution in [0.2, 0.25) is 0 Å². The fraction of sp³-hybridized carbons (Fsp3) is 0. The Labute approximate surface area is 197 Å². The average molecular weight is 454 g/mol. The van der Waals surface area contributed by atoms with Crippen molar-refractivity contribution < 1.29 is 16.5 Å². The molecule has 0 unspecified atom stereocenters. The first-order valence-electron chi connectivity index (χ1n) is 10.2. The molecule has 0 fully saturated rings. The third kappa shape index (κ3) is 4.64. The molecule has 155 valence electrons. The van der Waals surface area contributed by atoms with Crippen molar-refractivity contribution in [2.24, 2.45) is 0 Å². The molecular weight excluding hydrogens is 435 g/mol. The first-order valence-corrected chi connectivity index (χ1v) is 10.2. The van der Waals surface area contributed by atoms with Gasteiger partial charge in [-0.3, -0.25) is 4.98 Å². The van der Waals surface area contributed by atoms with E-state index < -0.39 is 0 Å². The maximum Gasteiger partial charge on any atom is 3.00 e. The predicted octanol–water partition coefficient (Wildman–Crippen LogP) is 6.96. The molecule has 2 heterocycles. The number of fused-ring (bicyclic) bond motifs is 3. The van der Waals surface area contributed by atoms with Crippen molar-refractivity contribution >= 4 is 21.8 Å². The van der Waals surface area contributed by atoms with Gasteiger partial charge in [0.25, 0.3) is 0 Å². The molecule has 0 saturated heterocycles. The normalized spacial score (nSPS) is 10.2. The van der Waals surface area contributed by atoms with Crippen LogP contribution < -0.4 is 4.98 Å². The summed E-state index contributed by atoms with van der Waals surface area (Å²) in [5.74, 6) is 0. The summed E-state index contributed by atoms with van der Waals surface area (Å²) >= 11 is 0. The van der Waals surface area contributed by atoms with E-state index in [4.69, 9.17) is 0 Å². The van der Waals surface area contributed by atoms with Gasteiger partial charge >= 0.3 is 16.5 Å². The molecule has 0 aliphatic heterocycles. The molecule has 2 aromatic heterocycles. The molecule has 1 radical (unpaired) electrons. The van der Waals surface area contributed by atoms with Gasteiger partial charge < -0.3 is 4.98 Å². The Morgan fingerprint density at radius 2 is 1.19 bits per heavy atom. The van der Waals surface area contributed by atoms with Gasteiger partial charge in [0.2, 0.25) is 0 Å². The van der Waals surface area contributed by atoms with E-state index >= 15 is 0 Å². The van der Waals surface area contributed by atoms with Crippen LogP contribution in [0.3, 0.4) is 0 Å². The molecule has 6 aromatic rings. The van der Waals surface area contributed by atoms with E-state index in [1.54, 1.807) is 6.20 Å². The number of rotatable bonds is 2. The van der Waals surface area contributed by atoms with E-state index in [1.807, 2.05) is 72.8 Å². The topological polar surface area (TPSA) is 27.0 Å². The Balaban J connectivity index is 0.000000155. The fourth-order valence-electron chi connectivity index (χ4n) is 3.59. The van der Waals surface area contributed by atoms with Crippen molar-refractivity contribution in [1.82, 2.24) is 9.97 Å². The minimum atomic E-state index is 0. The van der Waals surface area contributed by atoms with E-state index in [1.165, 1.54) is 10.8 Å². The molecule has 0 bridgehead atoms. The van der Waals surface area contributed by atoms with Crippen molar-refractivity contribution in [2.75, 3.05) is 0 Å². The molecule has 0 saturated carbocycles. The van der Waals surface area contributed by atoms with Crippen molar-refractivity contribution in [2.45, 2.75) is 0 Å². The Bertz CT molecular complexity index is 1320. The zero-order valence-electron chi connectivity index (χ0n) is 17.2. The van der Waals surface area contributed by atoms with Gasteiger partial charge in [-0.2, -0.15) is 42.0 Å². The van der Waals surface area contributed by atoms with E-state index in [0.29, 0.717) is 0 Å². The molecule has 0 atom stereocenters. The Morgan fingerprint density at radius 1 is 0.562 bits per heavy atom. The molecule has 0 aliphatic rings. The summed E-state index contributed by atoms with van der Waals surface area (Å²) < 4.78 is 0. The first-order chi connectivity index (χ1) is 15.4. The van der Waals surface area contributed by atoms with Crippen LogP contribution in [0.15, 0.2) is 115 Å². The largest absolute Gasteiger partial charge is 3.00 e. The quantitative estimate of drug-likeness (QED) is 0.209. The molecule has 0 spiro atoms. The smallest absolute Gasteiger partial charge is 0.657 e. The summed E-state index contributed by atoms with van der Waals surface area (Å²) in [6, 6.07) is 43.0. The first kappa shape index (κ1) is 21.6. The molecule has 3 heteroatoms. The Kier molecular flexibility index (Phi) is 6.79. The summed E-state index contributed by atoms with van der Waals surface area (Å²) in [6.45, 7) is 0. The number of aromatic nitrogens is 2. The molecule has 2 nitrogen and oxygen atoms in total. The van der Waals surface area contributed by atoms with Crippen LogP contribution in [0.5, 0.6) is 0 Å². The number of hydrogen-bond donors (Lipinski definition) is 0. The van der Waals surface area contributed by atoms with Crippen LogP contribution in [0, 0.1) is 12.1 Å². The van der Waals surface area contributed by atoms with Gasteiger partial charge in [0.05, 0.1) is 0 Å². The minimum Gasteiger partial charge on any atom is -0.657 e. The predicted molar refractivity (Wildman–Crippen MR) is 128 cm³/mol. The molecule has 0 N–H and O–H groups in total. The second-order valence-corrected chi connectivity index (χ2v) is 7.12. The zero-order valence-corrected chi connectivity index (χ0v) is 18.2. The van der Waals surface area contributed by atoms with Crippen molar-refractivity contribution in [3.05, 3.63) is 128 Å². The van der Waals surface area contributed by atoms with Crippen molar-refractivity contribution in [1.29, 1.82) is 0 Å². The second kappa shape index (κ2) is 10.1. The Morgan fingerprint density at radius 3 is 1.84 bits per heavy atom. The molecule has 0 amide bonds. The fourth-order valence-corrected chi connectivity index (χ4v) is 3.59. The second-order valence-electron chi connectivity index (χ2n) is 7.12. The molecule has 4 aromatic carbocycles. The SMILES string of the molecule is [Ni+3].[c-]1ccccc1-c1[c-]c(-c2ccccn2)ccc1.c1ccc2c(c1)[n-]c1ccccc12. The number of pyridine rings is 1. The van der Waals surface area contributed by atoms with E-state index in [9.17, 15) is 0 Å². The number of benzene rings is 4. The number of para-hydroxylation sites is 2. The maximum atomic E-state index is 4.52. The summed E-state index contributed by atoms with van der Waals surface area (Å²) in [4.78, 5) is 8.86. The van der Waals surface area contributed by atoms with Crippen molar-refractivity contribution in [3.8, 4) is 22.4 Å². The van der Waals surface area contributed by atoms with Gasteiger partial charge in [0.1, 0.15) is 0 Å². The molecule has 0 aliphatic carbocycles. The van der Waals surface area contributed by atoms with Gasteiger partial charge in [0.15, 0.2) is 0 Å². The summed E-state index contributed by atoms with van der Waals surface area (Å²) in [7, 11) is 0. The third-order valence-electron chi connectivity index (χ3n) is 5.07. The van der Waals surface area contributed by atoms with E-state index in [-0.39, 0.29) is 16.5 Å². The monoisotopic (exact) mass is 453 g/mol. The third-order valence-corrected chi connectivity index (χ3v) is 5.07. The van der Waals surface area contributed by atoms with Gasteiger partial charge in [-0.1, -0.05) is 60.7 Å². The summed E-state index contributed by atoms with van der Waals surface area (Å²) in [6.07, 6.45) is 1.80. The summed E-state index contributed by atoms with van der Waals surface area (Å²) in [5.41, 5.74) is 6.21. The van der Waals surface area contributed by atoms with Crippen LogP contribution in [-0.4, -0.2) is 4.98 Å². The van der Waals surface area contributed by atoms with E-state index in [2.05, 4.69) is 58.5 Å². The standard InChI is InChI=1S/C17H11N.C12H8N.Ni/c1-2-7-14(8-3-1)15-9-6-10-16(13-15)17-11-4-5-12-18-17;1-3-7-11-9(5-1)10-6-2-4-8-12(10)13-11;/h1-7,9-12H;1-8H;/q-2;-1;+3. The molecule has 32 heavy (non-hydrogen) atoms. The van der Waals surface area contributed by atoms with Crippen LogP contribution >= 0.6 is 0 Å². The van der Waals surface area contributed by atoms with Crippen molar-refractivity contribution in [3.63, 3.8) is 0 Å². The zero-order chi connectivity index (χ0) is 20.9. The van der Waals surface area contributed by atoms with Gasteiger partial charge in [-0.15, -0.1) is 34.8 Å². The number of nitrogens with zero attached hydrogens (tertiary/aromatic N) is 2. The van der Waals surface area contributed by atoms with Crippen LogP contribution in [0.25, 0.3) is 44.2 Å². The van der Waals surface area contributed by atoms with Gasteiger partial charge in [-0.05, 0) is 16.8 Å². The summed E-state index contributed by atoms with van der Waals surface area (Å²) in [5, 5.41) is 2.50. The van der Waals surface area contributed by atoms with Crippen LogP contribution in [0.4, 0.5) is 0 Å². The van der Waals surface area contributed by atoms with Crippen LogP contribution in [-0.2, 0) is 16.5 Å². The van der Waals surface area contributed by atoms with Crippen LogP contribution in [0.1, 0.15) is 0 Å². The van der Waals surface area contributed by atoms with E-state index in [0.717, 1.165) is 33.4 Å².